The Bertz CT molecular complexity index is 784. The molecular weight excluding hydrogens is 703 g/mol. The normalized spacial score (nSPS) is 33.2. The van der Waals surface area contributed by atoms with Crippen molar-refractivity contribution in [3.05, 3.63) is 11.8 Å². The molecule has 0 amide bonds. The molecule has 4 unspecified atom stereocenters. The molecule has 8 atom stereocenters. The van der Waals surface area contributed by atoms with Gasteiger partial charge in [-0.15, -0.1) is 5.76 Å². The summed E-state index contributed by atoms with van der Waals surface area (Å²) in [4.78, 5) is 9.98. The Morgan fingerprint density at radius 1 is 0.523 bits per heavy atom. The largest absolute Gasteiger partial charge is 0.876 e. The predicted octanol–water partition coefficient (Wildman–Crippen LogP) is 10.5. The first-order chi connectivity index (χ1) is 19.5. The van der Waals surface area contributed by atoms with Crippen LogP contribution in [0.25, 0.3) is 0 Å². The molecule has 4 rings (SSSR count). The number of carbonyl (C=O) groups excluding carboxylic acids is 1. The number of allylic oxidation sites excluding steroid dienone is 2. The Labute approximate surface area is 293 Å². The van der Waals surface area contributed by atoms with Gasteiger partial charge in [-0.05, 0) is 147 Å². The SMILES string of the molecule is CC(=O)/C=C(\C)[O-].CC(C)(C)[PH+]1CCC[C@@H]1[C@H]1CCC[PH+]1C(C)(C)C.CC(C)(C)[PH+]1CCC[C@@H]1[C@H]1CCC[PH+]1C(C)(C)C.[Rh]. The van der Waals surface area contributed by atoms with Crippen LogP contribution in [-0.2, 0) is 24.3 Å². The van der Waals surface area contributed by atoms with E-state index in [1.54, 1.807) is 76.0 Å². The fraction of sp³-hybridized carbons (Fsp3) is 0.919. The van der Waals surface area contributed by atoms with Crippen LogP contribution in [-0.4, -0.2) is 73.7 Å². The Balaban J connectivity index is 0.000000357. The fourth-order valence-electron chi connectivity index (χ4n) is 9.28. The van der Waals surface area contributed by atoms with Crippen molar-refractivity contribution in [3.63, 3.8) is 0 Å². The zero-order valence-electron chi connectivity index (χ0n) is 31.5. The second-order valence-corrected chi connectivity index (χ2v) is 33.6. The van der Waals surface area contributed by atoms with Gasteiger partial charge in [-0.2, -0.15) is 0 Å². The fourth-order valence-corrected chi connectivity index (χ4v) is 27.8. The summed E-state index contributed by atoms with van der Waals surface area (Å²) in [6.45, 7) is 33.0. The topological polar surface area (TPSA) is 40.1 Å². The van der Waals surface area contributed by atoms with Crippen molar-refractivity contribution in [2.24, 2.45) is 0 Å². The summed E-state index contributed by atoms with van der Waals surface area (Å²) in [5.74, 6) is -0.375. The van der Waals surface area contributed by atoms with E-state index in [2.05, 4.69) is 83.1 Å². The van der Waals surface area contributed by atoms with E-state index in [9.17, 15) is 9.90 Å². The molecule has 0 N–H and O–H groups in total. The van der Waals surface area contributed by atoms with Gasteiger partial charge in [-0.25, -0.2) is 0 Å². The molecule has 0 aromatic rings. The summed E-state index contributed by atoms with van der Waals surface area (Å²) >= 11 is 0. The second kappa shape index (κ2) is 18.0. The third kappa shape index (κ3) is 13.1. The van der Waals surface area contributed by atoms with Crippen molar-refractivity contribution >= 4 is 37.5 Å². The van der Waals surface area contributed by atoms with Crippen LogP contribution in [0.3, 0.4) is 0 Å². The van der Waals surface area contributed by atoms with Crippen molar-refractivity contribution in [2.45, 2.75) is 192 Å². The average Bonchev–Trinajstić information content (AvgIpc) is 3.63. The molecule has 0 aromatic heterocycles. The molecular formula is C37H75O2P4Rh+3. The van der Waals surface area contributed by atoms with Gasteiger partial charge in [0, 0.05) is 51.2 Å². The zero-order valence-corrected chi connectivity index (χ0v) is 37.2. The summed E-state index contributed by atoms with van der Waals surface area (Å²) in [7, 11) is -0.462. The molecule has 7 heteroatoms. The average molecular weight is 779 g/mol. The molecule has 4 aliphatic rings. The number of hydrogen-bond donors (Lipinski definition) is 0. The van der Waals surface area contributed by atoms with Gasteiger partial charge in [-0.1, -0.05) is 6.92 Å². The Hall–Kier alpha value is 1.55. The first-order valence-corrected chi connectivity index (χ1v) is 25.0. The monoisotopic (exact) mass is 778 g/mol. The van der Waals surface area contributed by atoms with Gasteiger partial charge in [0.15, 0.2) is 5.78 Å². The Morgan fingerprint density at radius 3 is 0.841 bits per heavy atom. The summed E-state index contributed by atoms with van der Waals surface area (Å²) in [5, 5.41) is 12.5. The van der Waals surface area contributed by atoms with Crippen LogP contribution in [0.5, 0.6) is 0 Å². The predicted molar refractivity (Wildman–Crippen MR) is 208 cm³/mol. The maximum Gasteiger partial charge on any atom is 0.151 e. The molecule has 0 aliphatic carbocycles. The summed E-state index contributed by atoms with van der Waals surface area (Å²) in [6, 6.07) is 0. The molecule has 1 radical (unpaired) electrons. The minimum atomic E-state index is -0.187. The van der Waals surface area contributed by atoms with Crippen molar-refractivity contribution in [2.75, 3.05) is 24.6 Å². The molecule has 0 spiro atoms. The van der Waals surface area contributed by atoms with Gasteiger partial charge < -0.3 is 5.11 Å². The Kier molecular flexibility index (Phi) is 17.8. The van der Waals surface area contributed by atoms with Crippen molar-refractivity contribution in [3.8, 4) is 0 Å². The van der Waals surface area contributed by atoms with Gasteiger partial charge in [0.05, 0.1) is 45.3 Å². The van der Waals surface area contributed by atoms with E-state index in [0.29, 0.717) is 20.6 Å². The Morgan fingerprint density at radius 2 is 0.727 bits per heavy atom. The van der Waals surface area contributed by atoms with E-state index in [-0.39, 0.29) is 62.7 Å². The first kappa shape index (κ1) is 43.6. The molecule has 261 valence electrons. The van der Waals surface area contributed by atoms with Gasteiger partial charge >= 0.3 is 0 Å². The van der Waals surface area contributed by atoms with Crippen LogP contribution >= 0.6 is 31.7 Å². The van der Waals surface area contributed by atoms with E-state index in [0.717, 1.165) is 6.08 Å². The number of rotatable bonds is 3. The third-order valence-electron chi connectivity index (χ3n) is 10.9. The summed E-state index contributed by atoms with van der Waals surface area (Å²) in [6.07, 6.45) is 20.0. The van der Waals surface area contributed by atoms with Crippen LogP contribution in [0, 0.1) is 0 Å². The van der Waals surface area contributed by atoms with E-state index in [1.807, 2.05) is 0 Å². The minimum Gasteiger partial charge on any atom is -0.876 e. The second-order valence-electron chi connectivity index (χ2n) is 18.5. The smallest absolute Gasteiger partial charge is 0.151 e. The van der Waals surface area contributed by atoms with Gasteiger partial charge in [0.25, 0.3) is 0 Å². The third-order valence-corrected chi connectivity index (χ3v) is 29.2. The standard InChI is InChI=1S/2C16H32P2.C5H8O2.Rh/c2*1-15(2,3)17-11-7-9-13(17)14-10-8-12-18(14)16(4,5)6;1-4(6)3-5(2)7;/h2*13-14H,7-12H2,1-6H3;3,6H,1-2H3;/p+3/b;;4-3+;/t2*13-,14-,17?,18?;;/m11../s1. The van der Waals surface area contributed by atoms with Gasteiger partial charge in [-0.3, -0.25) is 4.79 Å². The zero-order chi connectivity index (χ0) is 33.0. The summed E-state index contributed by atoms with van der Waals surface area (Å²) in [5.41, 5.74) is 4.69. The number of carbonyl (C=O) groups is 1. The van der Waals surface area contributed by atoms with Crippen LogP contribution in [0.4, 0.5) is 0 Å². The van der Waals surface area contributed by atoms with E-state index in [1.165, 1.54) is 36.5 Å². The first-order valence-electron chi connectivity index (χ1n) is 17.9. The number of ketones is 1. The van der Waals surface area contributed by atoms with Crippen LogP contribution in [0.1, 0.15) is 148 Å². The molecule has 0 aromatic carbocycles. The molecule has 0 saturated carbocycles. The van der Waals surface area contributed by atoms with Crippen molar-refractivity contribution in [1.82, 2.24) is 0 Å². The number of hydrogen-bond acceptors (Lipinski definition) is 2. The van der Waals surface area contributed by atoms with Crippen LogP contribution < -0.4 is 5.11 Å². The van der Waals surface area contributed by atoms with E-state index >= 15 is 0 Å². The molecule has 4 aliphatic heterocycles. The van der Waals surface area contributed by atoms with E-state index < -0.39 is 0 Å². The van der Waals surface area contributed by atoms with Gasteiger partial charge in [0.2, 0.25) is 0 Å². The molecule has 2 nitrogen and oxygen atoms in total. The molecule has 4 heterocycles. The van der Waals surface area contributed by atoms with Crippen LogP contribution in [0.2, 0.25) is 0 Å². The quantitative estimate of drug-likeness (QED) is 0.124. The van der Waals surface area contributed by atoms with Gasteiger partial charge in [0.1, 0.15) is 22.6 Å². The maximum atomic E-state index is 9.98. The molecule has 4 fully saturated rings. The molecule has 4 saturated heterocycles. The van der Waals surface area contributed by atoms with Crippen molar-refractivity contribution in [1.29, 1.82) is 0 Å². The van der Waals surface area contributed by atoms with Crippen molar-refractivity contribution < 1.29 is 29.4 Å². The molecule has 44 heavy (non-hydrogen) atoms. The van der Waals surface area contributed by atoms with E-state index in [4.69, 9.17) is 0 Å². The summed E-state index contributed by atoms with van der Waals surface area (Å²) < 4.78 is 0. The van der Waals surface area contributed by atoms with Crippen LogP contribution in [0.15, 0.2) is 11.8 Å². The molecule has 0 bridgehead atoms. The maximum absolute atomic E-state index is 9.98. The minimum absolute atomic E-state index is 0.